The summed E-state index contributed by atoms with van der Waals surface area (Å²) in [5.41, 5.74) is -2.06. The smallest absolute Gasteiger partial charge is 0.392 e. The molecular formula is C34H35F4N7O7. The maximum Gasteiger partial charge on any atom is 0.392 e. The summed E-state index contributed by atoms with van der Waals surface area (Å²) in [5, 5.41) is 2.86. The summed E-state index contributed by atoms with van der Waals surface area (Å²) in [4.78, 5) is 68.0. The Balaban J connectivity index is 1.23. The van der Waals surface area contributed by atoms with Crippen LogP contribution in [0.1, 0.15) is 42.2 Å². The summed E-state index contributed by atoms with van der Waals surface area (Å²) in [6, 6.07) is 3.17. The number of hydrogen-bond acceptors (Lipinski definition) is 10. The highest BCUT2D eigenvalue weighted by Gasteiger charge is 2.64. The standard InChI is InChI=1S/C34H35F4N7O7/c1-4-21-26(43-7-9-44(10-8-43)31(49)24-27(47)20(35)15-40-30(24)51-3)28(48)25-32(52-29(41-25)17-5-6-39-23(11-17)50-2)45(21)16-22(46)42-33-12-18(13-33)19(14-33)34(36,37)38/h5-6,11,15,18-19H,4,7-10,12-14,16H2,1-3H3,(H,40,47)(H,42,46)/t18?,19-,33?/m1/s1. The third-order valence-corrected chi connectivity index (χ3v) is 10.3. The minimum Gasteiger partial charge on any atom is -0.482 e. The van der Waals surface area contributed by atoms with E-state index in [1.54, 1.807) is 24.0 Å². The number of amides is 2. The molecule has 14 nitrogen and oxygen atoms in total. The number of anilines is 1. The second-order valence-corrected chi connectivity index (χ2v) is 13.3. The number of carbonyl (C=O) groups excluding carboxylic acids is 2. The van der Waals surface area contributed by atoms with Crippen LogP contribution in [0.3, 0.4) is 0 Å². The third kappa shape index (κ3) is 5.92. The molecule has 276 valence electrons. The Hall–Kier alpha value is -5.42. The van der Waals surface area contributed by atoms with E-state index < -0.39 is 57.6 Å². The number of piperazine rings is 1. The highest BCUT2D eigenvalue weighted by atomic mass is 19.4. The van der Waals surface area contributed by atoms with Gasteiger partial charge in [-0.2, -0.15) is 13.2 Å². The van der Waals surface area contributed by atoms with E-state index in [-0.39, 0.29) is 93.0 Å². The monoisotopic (exact) mass is 729 g/mol. The molecule has 4 fully saturated rings. The Morgan fingerprint density at radius 2 is 1.83 bits per heavy atom. The quantitative estimate of drug-likeness (QED) is 0.245. The lowest BCUT2D eigenvalue weighted by molar-refractivity contribution is -0.180. The van der Waals surface area contributed by atoms with Crippen LogP contribution >= 0.6 is 0 Å². The van der Waals surface area contributed by atoms with Gasteiger partial charge in [0.2, 0.25) is 40.1 Å². The molecule has 8 rings (SSSR count). The summed E-state index contributed by atoms with van der Waals surface area (Å²) in [7, 11) is 2.67. The second kappa shape index (κ2) is 13.0. The Labute approximate surface area is 292 Å². The average molecular weight is 730 g/mol. The number of H-pyrrole nitrogens is 1. The first-order valence-electron chi connectivity index (χ1n) is 16.7. The van der Waals surface area contributed by atoms with E-state index in [1.807, 2.05) is 0 Å². The molecule has 4 aromatic heterocycles. The number of ether oxygens (including phenoxy) is 2. The largest absolute Gasteiger partial charge is 0.482 e. The van der Waals surface area contributed by atoms with Gasteiger partial charge in [-0.05, 0) is 37.7 Å². The lowest BCUT2D eigenvalue weighted by Crippen LogP contribution is -2.53. The minimum absolute atomic E-state index is 0.00124. The van der Waals surface area contributed by atoms with Gasteiger partial charge in [0, 0.05) is 61.4 Å². The molecule has 3 aliphatic carbocycles. The lowest BCUT2D eigenvalue weighted by Gasteiger charge is -2.39. The molecule has 52 heavy (non-hydrogen) atoms. The van der Waals surface area contributed by atoms with Crippen molar-refractivity contribution in [2.24, 2.45) is 11.8 Å². The Morgan fingerprint density at radius 1 is 1.10 bits per heavy atom. The molecule has 0 aromatic carbocycles. The SMILES string of the molecule is CCc1c(N2CCN(C(=O)c3c(OC)[nH]cc(F)c3=O)CC2)c(=O)c2nc(-c3ccnc(OC)c3)oc2n1CC(=O)NC12CC(C1)[C@H](C(F)(F)F)C2. The zero-order valence-corrected chi connectivity index (χ0v) is 28.4. The number of rotatable bonds is 9. The predicted octanol–water partition coefficient (Wildman–Crippen LogP) is 3.27. The number of methoxy groups -OCH3 is 2. The number of pyridine rings is 3. The van der Waals surface area contributed by atoms with Crippen molar-refractivity contribution in [2.75, 3.05) is 45.3 Å². The van der Waals surface area contributed by atoms with Crippen molar-refractivity contribution in [2.45, 2.75) is 50.9 Å². The molecule has 5 heterocycles. The van der Waals surface area contributed by atoms with Crippen molar-refractivity contribution in [3.05, 3.63) is 62.0 Å². The zero-order chi connectivity index (χ0) is 37.1. The average Bonchev–Trinajstić information content (AvgIpc) is 3.83. The fourth-order valence-corrected chi connectivity index (χ4v) is 7.90. The summed E-state index contributed by atoms with van der Waals surface area (Å²) in [5.74, 6) is -4.30. The first kappa shape index (κ1) is 35.0. The number of carbonyl (C=O) groups is 2. The van der Waals surface area contributed by atoms with Crippen LogP contribution in [0, 0.1) is 17.7 Å². The number of halogens is 4. The molecule has 3 saturated carbocycles. The number of nitrogens with zero attached hydrogens (tertiary/aromatic N) is 5. The van der Waals surface area contributed by atoms with Gasteiger partial charge in [-0.3, -0.25) is 19.2 Å². The minimum atomic E-state index is -4.34. The summed E-state index contributed by atoms with van der Waals surface area (Å²) in [6.07, 6.45) is -1.54. The Morgan fingerprint density at radius 3 is 2.46 bits per heavy atom. The van der Waals surface area contributed by atoms with Crippen LogP contribution < -0.4 is 30.5 Å². The topological polar surface area (TPSA) is 165 Å². The van der Waals surface area contributed by atoms with Gasteiger partial charge < -0.3 is 38.6 Å². The van der Waals surface area contributed by atoms with Crippen molar-refractivity contribution >= 4 is 28.7 Å². The van der Waals surface area contributed by atoms with Gasteiger partial charge in [-0.1, -0.05) is 6.92 Å². The second-order valence-electron chi connectivity index (χ2n) is 13.3. The van der Waals surface area contributed by atoms with Crippen LogP contribution in [-0.2, 0) is 17.8 Å². The van der Waals surface area contributed by atoms with E-state index >= 15 is 0 Å². The highest BCUT2D eigenvalue weighted by molar-refractivity contribution is 5.96. The van der Waals surface area contributed by atoms with Crippen LogP contribution in [0.4, 0.5) is 23.2 Å². The van der Waals surface area contributed by atoms with Gasteiger partial charge in [-0.15, -0.1) is 0 Å². The number of hydrogen-bond donors (Lipinski definition) is 2. The third-order valence-electron chi connectivity index (χ3n) is 10.3. The zero-order valence-electron chi connectivity index (χ0n) is 28.4. The van der Waals surface area contributed by atoms with Crippen LogP contribution in [0.2, 0.25) is 0 Å². The number of alkyl halides is 3. The van der Waals surface area contributed by atoms with Gasteiger partial charge in [-0.25, -0.2) is 14.4 Å². The Bertz CT molecular complexity index is 2180. The van der Waals surface area contributed by atoms with Gasteiger partial charge >= 0.3 is 6.18 Å². The molecule has 4 aromatic rings. The van der Waals surface area contributed by atoms with Crippen molar-refractivity contribution in [1.82, 2.24) is 29.7 Å². The lowest BCUT2D eigenvalue weighted by atomic mass is 9.76. The van der Waals surface area contributed by atoms with Gasteiger partial charge in [0.25, 0.3) is 5.91 Å². The summed E-state index contributed by atoms with van der Waals surface area (Å²) >= 11 is 0. The highest BCUT2D eigenvalue weighted by Crippen LogP contribution is 2.60. The molecule has 1 saturated heterocycles. The molecule has 2 N–H and O–H groups in total. The maximum atomic E-state index is 14.3. The normalized spacial score (nSPS) is 21.3. The van der Waals surface area contributed by atoms with E-state index in [2.05, 4.69) is 20.3 Å². The van der Waals surface area contributed by atoms with Crippen molar-refractivity contribution in [3.63, 3.8) is 0 Å². The van der Waals surface area contributed by atoms with Gasteiger partial charge in [0.15, 0.2) is 11.3 Å². The van der Waals surface area contributed by atoms with Gasteiger partial charge in [0.1, 0.15) is 17.8 Å². The number of aromatic nitrogens is 4. The molecule has 0 unspecified atom stereocenters. The molecule has 0 radical (unpaired) electrons. The van der Waals surface area contributed by atoms with Crippen molar-refractivity contribution in [3.8, 4) is 23.2 Å². The number of aromatic amines is 1. The van der Waals surface area contributed by atoms with Crippen LogP contribution in [0.5, 0.6) is 11.8 Å². The van der Waals surface area contributed by atoms with Crippen LogP contribution in [0.15, 0.2) is 38.5 Å². The number of oxazole rings is 1. The predicted molar refractivity (Wildman–Crippen MR) is 177 cm³/mol. The van der Waals surface area contributed by atoms with Crippen LogP contribution in [0.25, 0.3) is 22.7 Å². The fraction of sp³-hybridized carbons (Fsp3) is 0.471. The van der Waals surface area contributed by atoms with Crippen molar-refractivity contribution < 1.29 is 41.0 Å². The van der Waals surface area contributed by atoms with Crippen molar-refractivity contribution in [1.29, 1.82) is 0 Å². The molecule has 2 bridgehead atoms. The molecule has 0 spiro atoms. The number of nitrogens with one attached hydrogen (secondary N) is 2. The van der Waals surface area contributed by atoms with E-state index in [1.165, 1.54) is 29.9 Å². The molecule has 2 amide bonds. The molecular weight excluding hydrogens is 694 g/mol. The maximum absolute atomic E-state index is 14.3. The first-order chi connectivity index (χ1) is 24.8. The Kier molecular flexibility index (Phi) is 8.73. The van der Waals surface area contributed by atoms with E-state index in [0.717, 1.165) is 6.20 Å². The van der Waals surface area contributed by atoms with Crippen LogP contribution in [-0.4, -0.2) is 88.3 Å². The molecule has 1 atom stereocenters. The van der Waals surface area contributed by atoms with E-state index in [9.17, 15) is 36.7 Å². The number of fused-ring (bicyclic) bond motifs is 2. The van der Waals surface area contributed by atoms with Gasteiger partial charge in [0.05, 0.1) is 20.1 Å². The molecule has 18 heteroatoms. The van der Waals surface area contributed by atoms with E-state index in [4.69, 9.17) is 13.9 Å². The van der Waals surface area contributed by atoms with E-state index in [0.29, 0.717) is 11.3 Å². The fourth-order valence-electron chi connectivity index (χ4n) is 7.90. The first-order valence-corrected chi connectivity index (χ1v) is 16.7. The summed E-state index contributed by atoms with van der Waals surface area (Å²) in [6.45, 7) is 1.75. The molecule has 1 aliphatic heterocycles. The summed E-state index contributed by atoms with van der Waals surface area (Å²) < 4.78 is 72.9. The molecule has 4 aliphatic rings.